The van der Waals surface area contributed by atoms with Crippen LogP contribution in [0.3, 0.4) is 0 Å². The average molecular weight is 321 g/mol. The van der Waals surface area contributed by atoms with Gasteiger partial charge in [0.1, 0.15) is 0 Å². The van der Waals surface area contributed by atoms with Crippen molar-refractivity contribution in [1.29, 1.82) is 0 Å². The fraction of sp³-hybridized carbons (Fsp3) is 1.00. The minimum Gasteiger partial charge on any atom is -0.391 e. The maximum absolute atomic E-state index is 8.52. The summed E-state index contributed by atoms with van der Waals surface area (Å²) >= 11 is 0. The molecule has 0 bridgehead atoms. The van der Waals surface area contributed by atoms with Gasteiger partial charge in [0.25, 0.3) is 0 Å². The van der Waals surface area contributed by atoms with Crippen molar-refractivity contribution >= 4 is 0 Å². The molecular weight excluding hydrogens is 301 g/mol. The van der Waals surface area contributed by atoms with Crippen molar-refractivity contribution in [1.82, 2.24) is 0 Å². The third-order valence-corrected chi connectivity index (χ3v) is 0. The van der Waals surface area contributed by atoms with Crippen LogP contribution in [0.4, 0.5) is 0 Å². The van der Waals surface area contributed by atoms with Gasteiger partial charge in [-0.3, -0.25) is 0 Å². The van der Waals surface area contributed by atoms with E-state index in [1.54, 1.807) is 41.5 Å². The van der Waals surface area contributed by atoms with Crippen molar-refractivity contribution in [3.63, 3.8) is 0 Å². The first kappa shape index (κ1) is 18.3. The first-order valence-corrected chi connectivity index (χ1v) is 3.45. The smallest absolute Gasteiger partial charge is 0.0563 e. The predicted molar refractivity (Wildman–Crippen MR) is 43.9 cm³/mol. The fourth-order valence-corrected chi connectivity index (χ4v) is 0. The van der Waals surface area contributed by atoms with E-state index in [9.17, 15) is 0 Å². The van der Waals surface area contributed by atoms with Gasteiger partial charge in [0.05, 0.1) is 11.2 Å². The molecule has 0 aromatic rings. The molecule has 0 aromatic heterocycles. The molecule has 0 fully saturated rings. The van der Waals surface area contributed by atoms with Gasteiger partial charge in [-0.2, -0.15) is 0 Å². The van der Waals surface area contributed by atoms with Crippen molar-refractivity contribution in [3.05, 3.63) is 0 Å². The second-order valence-corrected chi connectivity index (χ2v) is 4.34. The summed E-state index contributed by atoms with van der Waals surface area (Å²) < 4.78 is 0. The third-order valence-electron chi connectivity index (χ3n) is 0. The molecule has 2 nitrogen and oxygen atoms in total. The van der Waals surface area contributed by atoms with Gasteiger partial charge in [-0.25, -0.2) is 0 Å². The quantitative estimate of drug-likeness (QED) is 0.711. The van der Waals surface area contributed by atoms with Gasteiger partial charge in [-0.15, -0.1) is 0 Å². The van der Waals surface area contributed by atoms with E-state index >= 15 is 0 Å². The van der Waals surface area contributed by atoms with Gasteiger partial charge >= 0.3 is 0 Å². The molecule has 0 radical (unpaired) electrons. The Kier molecular flexibility index (Phi) is 11.5. The summed E-state index contributed by atoms with van der Waals surface area (Å²) in [6, 6.07) is 0. The molecule has 0 aromatic carbocycles. The Labute approximate surface area is 109 Å². The summed E-state index contributed by atoms with van der Waals surface area (Å²) in [5.41, 5.74) is -1.00. The van der Waals surface area contributed by atoms with Crippen molar-refractivity contribution < 1.29 is 57.1 Å². The molecule has 11 heavy (non-hydrogen) atoms. The zero-order chi connectivity index (χ0) is 9.00. The van der Waals surface area contributed by atoms with Crippen LogP contribution >= 0.6 is 0 Å². The van der Waals surface area contributed by atoms with E-state index in [-0.39, 0.29) is 46.9 Å². The molecule has 78 valence electrons. The maximum Gasteiger partial charge on any atom is 0.0563 e. The third kappa shape index (κ3) is 492. The Morgan fingerprint density at radius 1 is 0.636 bits per heavy atom. The van der Waals surface area contributed by atoms with Crippen molar-refractivity contribution in [3.8, 4) is 0 Å². The van der Waals surface area contributed by atoms with Crippen LogP contribution in [-0.4, -0.2) is 21.4 Å². The molecule has 0 rings (SSSR count). The second-order valence-electron chi connectivity index (χ2n) is 4.34. The molecule has 3 heteroatoms. The van der Waals surface area contributed by atoms with Crippen LogP contribution in [0.15, 0.2) is 0 Å². The minimum absolute atomic E-state index is 0. The molecule has 0 aliphatic heterocycles. The molecule has 0 aliphatic carbocycles. The van der Waals surface area contributed by atoms with Gasteiger partial charge in [-0.05, 0) is 41.5 Å². The normalized spacial score (nSPS) is 10.9. The van der Waals surface area contributed by atoms with Crippen LogP contribution in [-0.2, 0) is 0 Å². The van der Waals surface area contributed by atoms with Gasteiger partial charge in [0, 0.05) is 46.9 Å². The first-order chi connectivity index (χ1) is 4.00. The predicted octanol–water partition coefficient (Wildman–Crippen LogP) is 1.55. The number of rotatable bonds is 0. The molecule has 0 spiro atoms. The van der Waals surface area contributed by atoms with Crippen LogP contribution in [0.25, 0.3) is 0 Å². The van der Waals surface area contributed by atoms with Gasteiger partial charge in [-0.1, -0.05) is 0 Å². The Morgan fingerprint density at radius 2 is 0.636 bits per heavy atom. The summed E-state index contributed by atoms with van der Waals surface area (Å²) in [4.78, 5) is 0. The maximum atomic E-state index is 8.52. The molecule has 0 saturated heterocycles. The Bertz CT molecular complexity index is 55.1. The Hall–Kier alpha value is 1.44. The van der Waals surface area contributed by atoms with Crippen LogP contribution in [0, 0.1) is 46.9 Å². The molecule has 0 saturated carbocycles. The molecule has 2 N–H and O–H groups in total. The summed E-state index contributed by atoms with van der Waals surface area (Å²) in [6.45, 7) is 10.5. The Balaban J connectivity index is -0.000000107. The van der Waals surface area contributed by atoms with E-state index in [0.29, 0.717) is 0 Å². The average Bonchev–Trinajstić information content (AvgIpc) is 1.12. The van der Waals surface area contributed by atoms with Crippen molar-refractivity contribution in [2.45, 2.75) is 52.7 Å². The van der Waals surface area contributed by atoms with Crippen molar-refractivity contribution in [2.75, 3.05) is 0 Å². The van der Waals surface area contributed by atoms with E-state index in [1.807, 2.05) is 0 Å². The zero-order valence-electron chi connectivity index (χ0n) is 8.16. The zero-order valence-corrected chi connectivity index (χ0v) is 9.88. The molecule has 0 heterocycles. The van der Waals surface area contributed by atoms with Crippen LogP contribution in [0.5, 0.6) is 0 Å². The monoisotopic (exact) mass is 322 g/mol. The van der Waals surface area contributed by atoms with Crippen LogP contribution < -0.4 is 0 Å². The summed E-state index contributed by atoms with van der Waals surface area (Å²) in [7, 11) is 0. The number of aliphatic hydroxyl groups is 2. The largest absolute Gasteiger partial charge is 0.391 e. The van der Waals surface area contributed by atoms with Crippen LogP contribution in [0.2, 0.25) is 0 Å². The SMILES string of the molecule is CC(C)(C)O.CC(C)(C)O.[Yb]. The summed E-state index contributed by atoms with van der Waals surface area (Å²) in [5, 5.41) is 17.0. The minimum atomic E-state index is -0.500. The standard InChI is InChI=1S/2C4H10O.Yb/c2*1-4(2,3)5;/h2*5H,1-3H3;. The number of hydrogen-bond donors (Lipinski definition) is 2. The Morgan fingerprint density at radius 3 is 0.636 bits per heavy atom. The topological polar surface area (TPSA) is 40.5 Å². The van der Waals surface area contributed by atoms with Gasteiger partial charge in [0.2, 0.25) is 0 Å². The molecular formula is C8H20O2Yb. The number of hydrogen-bond acceptors (Lipinski definition) is 2. The van der Waals surface area contributed by atoms with E-state index < -0.39 is 11.2 Å². The van der Waals surface area contributed by atoms with E-state index in [4.69, 9.17) is 10.2 Å². The van der Waals surface area contributed by atoms with Crippen LogP contribution in [0.1, 0.15) is 41.5 Å². The van der Waals surface area contributed by atoms with E-state index in [1.165, 1.54) is 0 Å². The van der Waals surface area contributed by atoms with E-state index in [0.717, 1.165) is 0 Å². The fourth-order valence-electron chi connectivity index (χ4n) is 0. The van der Waals surface area contributed by atoms with Crippen molar-refractivity contribution in [2.24, 2.45) is 0 Å². The van der Waals surface area contributed by atoms with Gasteiger partial charge in [0.15, 0.2) is 0 Å². The molecule has 0 atom stereocenters. The second kappa shape index (κ2) is 6.90. The summed E-state index contributed by atoms with van der Waals surface area (Å²) in [5.74, 6) is 0. The van der Waals surface area contributed by atoms with Gasteiger partial charge < -0.3 is 10.2 Å². The first-order valence-electron chi connectivity index (χ1n) is 3.45. The molecule has 0 aliphatic rings. The van der Waals surface area contributed by atoms with E-state index in [2.05, 4.69) is 0 Å². The molecule has 0 unspecified atom stereocenters. The summed E-state index contributed by atoms with van der Waals surface area (Å²) in [6.07, 6.45) is 0. The molecule has 0 amide bonds.